The number of hydrogen-bond donors (Lipinski definition) is 1. The SMILES string of the molecule is CC(C)CC(=O)Oc1ccc(C[C@H](N)C(=O)OC[C@H](C)OC(=O)OC(C)(C)C)cc1OC(=O)CC(C)C. The average molecular weight is 524 g/mol. The first-order valence-electron chi connectivity index (χ1n) is 12.4. The van der Waals surface area contributed by atoms with Crippen molar-refractivity contribution in [1.82, 2.24) is 0 Å². The lowest BCUT2D eigenvalue weighted by Crippen LogP contribution is -2.36. The highest BCUT2D eigenvalue weighted by molar-refractivity contribution is 5.77. The smallest absolute Gasteiger partial charge is 0.461 e. The monoisotopic (exact) mass is 523 g/mol. The van der Waals surface area contributed by atoms with Crippen LogP contribution < -0.4 is 15.2 Å². The molecule has 0 saturated carbocycles. The van der Waals surface area contributed by atoms with Crippen LogP contribution in [-0.4, -0.2) is 48.4 Å². The third kappa shape index (κ3) is 13.7. The van der Waals surface area contributed by atoms with Crippen LogP contribution >= 0.6 is 0 Å². The zero-order chi connectivity index (χ0) is 28.3. The van der Waals surface area contributed by atoms with Crippen LogP contribution in [0, 0.1) is 11.8 Å². The minimum atomic E-state index is -1.04. The number of carbonyl (C=O) groups excluding carboxylic acids is 4. The topological polar surface area (TPSA) is 140 Å². The van der Waals surface area contributed by atoms with Crippen LogP contribution in [0.2, 0.25) is 0 Å². The third-order valence-electron chi connectivity index (χ3n) is 4.51. The fourth-order valence-electron chi connectivity index (χ4n) is 2.95. The van der Waals surface area contributed by atoms with Gasteiger partial charge >= 0.3 is 24.1 Å². The number of nitrogens with two attached hydrogens (primary N) is 1. The van der Waals surface area contributed by atoms with Crippen LogP contribution in [0.1, 0.15) is 73.8 Å². The summed E-state index contributed by atoms with van der Waals surface area (Å²) in [4.78, 5) is 48.6. The lowest BCUT2D eigenvalue weighted by Gasteiger charge is -2.21. The number of carbonyl (C=O) groups is 4. The minimum Gasteiger partial charge on any atom is -0.461 e. The van der Waals surface area contributed by atoms with Crippen molar-refractivity contribution < 1.29 is 42.9 Å². The van der Waals surface area contributed by atoms with E-state index < -0.39 is 41.8 Å². The van der Waals surface area contributed by atoms with E-state index in [-0.39, 0.29) is 49.2 Å². The maximum Gasteiger partial charge on any atom is 0.509 e. The Kier molecular flexibility index (Phi) is 12.6. The summed E-state index contributed by atoms with van der Waals surface area (Å²) in [6.45, 7) is 14.0. The molecule has 0 aliphatic carbocycles. The Hall–Kier alpha value is -3.14. The molecule has 0 bridgehead atoms. The largest absolute Gasteiger partial charge is 0.509 e. The molecule has 0 aromatic heterocycles. The molecule has 1 aromatic carbocycles. The van der Waals surface area contributed by atoms with Crippen LogP contribution in [0.4, 0.5) is 4.79 Å². The van der Waals surface area contributed by atoms with Crippen molar-refractivity contribution in [3.05, 3.63) is 23.8 Å². The molecule has 0 aliphatic heterocycles. The van der Waals surface area contributed by atoms with Gasteiger partial charge in [-0.1, -0.05) is 33.8 Å². The highest BCUT2D eigenvalue weighted by Crippen LogP contribution is 2.30. The second-order valence-corrected chi connectivity index (χ2v) is 10.8. The first-order chi connectivity index (χ1) is 17.1. The molecular formula is C27H41NO9. The lowest BCUT2D eigenvalue weighted by molar-refractivity contribution is -0.148. The molecule has 0 aliphatic rings. The summed E-state index contributed by atoms with van der Waals surface area (Å²) in [5, 5.41) is 0. The van der Waals surface area contributed by atoms with Crippen LogP contribution in [0.3, 0.4) is 0 Å². The summed E-state index contributed by atoms with van der Waals surface area (Å²) in [7, 11) is 0. The van der Waals surface area contributed by atoms with Crippen molar-refractivity contribution in [2.75, 3.05) is 6.61 Å². The van der Waals surface area contributed by atoms with E-state index >= 15 is 0 Å². The van der Waals surface area contributed by atoms with Gasteiger partial charge in [0, 0.05) is 12.8 Å². The van der Waals surface area contributed by atoms with E-state index in [2.05, 4.69) is 0 Å². The van der Waals surface area contributed by atoms with Gasteiger partial charge in [-0.25, -0.2) is 4.79 Å². The van der Waals surface area contributed by atoms with Crippen molar-refractivity contribution in [2.45, 2.75) is 92.4 Å². The first-order valence-corrected chi connectivity index (χ1v) is 12.4. The van der Waals surface area contributed by atoms with Gasteiger partial charge in [0.05, 0.1) is 0 Å². The number of rotatable bonds is 12. The van der Waals surface area contributed by atoms with E-state index in [4.69, 9.17) is 29.4 Å². The van der Waals surface area contributed by atoms with Crippen molar-refractivity contribution in [3.63, 3.8) is 0 Å². The molecule has 1 rings (SSSR count). The van der Waals surface area contributed by atoms with Crippen LogP contribution in [0.15, 0.2) is 18.2 Å². The van der Waals surface area contributed by atoms with Gasteiger partial charge in [0.25, 0.3) is 0 Å². The third-order valence-corrected chi connectivity index (χ3v) is 4.51. The summed E-state index contributed by atoms with van der Waals surface area (Å²) in [5.41, 5.74) is 5.87. The predicted octanol–water partition coefficient (Wildman–Crippen LogP) is 4.34. The molecule has 0 heterocycles. The van der Waals surface area contributed by atoms with E-state index in [1.165, 1.54) is 12.1 Å². The number of ether oxygens (including phenoxy) is 5. The number of esters is 3. The van der Waals surface area contributed by atoms with E-state index in [9.17, 15) is 19.2 Å². The summed E-state index contributed by atoms with van der Waals surface area (Å²) >= 11 is 0. The summed E-state index contributed by atoms with van der Waals surface area (Å²) in [6, 6.07) is 3.60. The fraction of sp³-hybridized carbons (Fsp3) is 0.630. The molecule has 2 atom stereocenters. The average Bonchev–Trinajstić information content (AvgIpc) is 2.71. The minimum absolute atomic E-state index is 0.0646. The molecule has 0 saturated heterocycles. The molecule has 2 N–H and O–H groups in total. The van der Waals surface area contributed by atoms with Gasteiger partial charge in [-0.2, -0.15) is 0 Å². The van der Waals surface area contributed by atoms with E-state index in [1.54, 1.807) is 33.8 Å². The van der Waals surface area contributed by atoms with Crippen molar-refractivity contribution in [1.29, 1.82) is 0 Å². The Balaban J connectivity index is 2.83. The molecule has 10 heteroatoms. The summed E-state index contributed by atoms with van der Waals surface area (Å²) in [6.07, 6.45) is -1.16. The maximum atomic E-state index is 12.4. The van der Waals surface area contributed by atoms with Crippen LogP contribution in [0.25, 0.3) is 0 Å². The zero-order valence-electron chi connectivity index (χ0n) is 23.1. The Labute approximate surface area is 219 Å². The molecule has 0 radical (unpaired) electrons. The molecule has 0 spiro atoms. The van der Waals surface area contributed by atoms with Gasteiger partial charge < -0.3 is 29.4 Å². The molecule has 0 unspecified atom stereocenters. The van der Waals surface area contributed by atoms with Gasteiger partial charge in [-0.05, 0) is 63.6 Å². The molecule has 37 heavy (non-hydrogen) atoms. The highest BCUT2D eigenvalue weighted by atomic mass is 16.7. The summed E-state index contributed by atoms with van der Waals surface area (Å²) < 4.78 is 26.2. The Morgan fingerprint density at radius 3 is 1.92 bits per heavy atom. The van der Waals surface area contributed by atoms with E-state index in [0.717, 1.165) is 0 Å². The molecule has 0 fully saturated rings. The second-order valence-electron chi connectivity index (χ2n) is 10.8. The Bertz CT molecular complexity index is 934. The van der Waals surface area contributed by atoms with Gasteiger partial charge in [0.2, 0.25) is 0 Å². The molecule has 1 aromatic rings. The van der Waals surface area contributed by atoms with Gasteiger partial charge in [0.1, 0.15) is 24.4 Å². The molecule has 208 valence electrons. The number of benzene rings is 1. The second kappa shape index (κ2) is 14.6. The summed E-state index contributed by atoms with van der Waals surface area (Å²) in [5.74, 6) is -1.28. The van der Waals surface area contributed by atoms with Gasteiger partial charge in [-0.15, -0.1) is 0 Å². The molecular weight excluding hydrogens is 482 g/mol. The number of hydrogen-bond acceptors (Lipinski definition) is 10. The normalized spacial score (nSPS) is 13.1. The van der Waals surface area contributed by atoms with Crippen molar-refractivity contribution in [2.24, 2.45) is 17.6 Å². The standard InChI is InChI=1S/C27H41NO9/c1-16(2)11-23(29)35-21-10-9-19(14-22(21)36-24(30)12-17(3)4)13-20(28)25(31)33-15-18(5)34-26(32)37-27(6,7)8/h9-10,14,16-18,20H,11-13,15,28H2,1-8H3/t18-,20-/m0/s1. The highest BCUT2D eigenvalue weighted by Gasteiger charge is 2.23. The van der Waals surface area contributed by atoms with Crippen LogP contribution in [0.5, 0.6) is 11.5 Å². The zero-order valence-corrected chi connectivity index (χ0v) is 23.1. The quantitative estimate of drug-likeness (QED) is 0.311. The molecule has 0 amide bonds. The first kappa shape index (κ1) is 31.9. The fourth-order valence-corrected chi connectivity index (χ4v) is 2.95. The Morgan fingerprint density at radius 2 is 1.41 bits per heavy atom. The Morgan fingerprint density at radius 1 is 0.865 bits per heavy atom. The van der Waals surface area contributed by atoms with E-state index in [0.29, 0.717) is 5.56 Å². The van der Waals surface area contributed by atoms with Crippen molar-refractivity contribution >= 4 is 24.1 Å². The van der Waals surface area contributed by atoms with Gasteiger partial charge in [0.15, 0.2) is 11.5 Å². The van der Waals surface area contributed by atoms with Gasteiger partial charge in [-0.3, -0.25) is 14.4 Å². The predicted molar refractivity (Wildman–Crippen MR) is 136 cm³/mol. The lowest BCUT2D eigenvalue weighted by atomic mass is 10.1. The molecule has 10 nitrogen and oxygen atoms in total. The van der Waals surface area contributed by atoms with E-state index in [1.807, 2.05) is 27.7 Å². The van der Waals surface area contributed by atoms with Crippen molar-refractivity contribution in [3.8, 4) is 11.5 Å². The maximum absolute atomic E-state index is 12.4. The van der Waals surface area contributed by atoms with Crippen LogP contribution in [-0.2, 0) is 35.0 Å².